The van der Waals surface area contributed by atoms with E-state index in [4.69, 9.17) is 0 Å². The van der Waals surface area contributed by atoms with E-state index in [1.165, 1.54) is 32.5 Å². The Kier molecular flexibility index (Phi) is 5.09. The van der Waals surface area contributed by atoms with E-state index in [1.54, 1.807) is 5.57 Å². The second-order valence-electron chi connectivity index (χ2n) is 3.65. The number of hydrogen-bond donors (Lipinski definition) is 1. The first-order valence-corrected chi connectivity index (χ1v) is 5.47. The Hall–Kier alpha value is -0.340. The molecule has 0 amide bonds. The number of nitrogens with one attached hydrogen (secondary N) is 1. The van der Waals surface area contributed by atoms with Gasteiger partial charge in [-0.05, 0) is 12.8 Å². The van der Waals surface area contributed by atoms with E-state index in [9.17, 15) is 0 Å². The largest absolute Gasteiger partial charge is 0.314 e. The number of allylic oxidation sites excluding steroid dienone is 1. The summed E-state index contributed by atoms with van der Waals surface area (Å²) in [6.45, 7) is 10.4. The van der Waals surface area contributed by atoms with Crippen molar-refractivity contribution in [2.75, 3.05) is 32.7 Å². The quantitative estimate of drug-likeness (QED) is 0.665. The van der Waals surface area contributed by atoms with Crippen molar-refractivity contribution >= 4 is 0 Å². The molecular formula is C11H22N2. The molecule has 1 N–H and O–H groups in total. The van der Waals surface area contributed by atoms with Crippen molar-refractivity contribution in [2.45, 2.75) is 26.7 Å². The van der Waals surface area contributed by atoms with Crippen molar-refractivity contribution in [3.05, 3.63) is 11.6 Å². The second-order valence-corrected chi connectivity index (χ2v) is 3.65. The molecule has 0 bridgehead atoms. The molecule has 1 rings (SSSR count). The second kappa shape index (κ2) is 6.17. The van der Waals surface area contributed by atoms with Crippen LogP contribution in [0.15, 0.2) is 11.6 Å². The first-order valence-electron chi connectivity index (χ1n) is 5.47. The van der Waals surface area contributed by atoms with Gasteiger partial charge in [0, 0.05) is 32.7 Å². The average molecular weight is 182 g/mol. The summed E-state index contributed by atoms with van der Waals surface area (Å²) in [5.74, 6) is 0. The van der Waals surface area contributed by atoms with Gasteiger partial charge in [-0.3, -0.25) is 4.90 Å². The van der Waals surface area contributed by atoms with Gasteiger partial charge in [0.1, 0.15) is 0 Å². The number of piperazine rings is 1. The lowest BCUT2D eigenvalue weighted by Crippen LogP contribution is -2.44. The predicted octanol–water partition coefficient (Wildman–Crippen LogP) is 1.64. The number of rotatable bonds is 4. The summed E-state index contributed by atoms with van der Waals surface area (Å²) in [4.78, 5) is 2.54. The monoisotopic (exact) mass is 182 g/mol. The molecule has 0 atom stereocenters. The van der Waals surface area contributed by atoms with Gasteiger partial charge in [-0.15, -0.1) is 0 Å². The van der Waals surface area contributed by atoms with Crippen molar-refractivity contribution in [1.82, 2.24) is 10.2 Å². The zero-order valence-electron chi connectivity index (χ0n) is 8.97. The van der Waals surface area contributed by atoms with Gasteiger partial charge < -0.3 is 5.32 Å². The fourth-order valence-electron chi connectivity index (χ4n) is 1.77. The normalized spacial score (nSPS) is 20.6. The van der Waals surface area contributed by atoms with E-state index in [0.717, 1.165) is 13.1 Å². The highest BCUT2D eigenvalue weighted by Gasteiger charge is 2.09. The minimum atomic E-state index is 1.16. The molecule has 0 aromatic heterocycles. The molecule has 0 unspecified atom stereocenters. The molecule has 2 nitrogen and oxygen atoms in total. The van der Waals surface area contributed by atoms with E-state index in [1.807, 2.05) is 0 Å². The van der Waals surface area contributed by atoms with Crippen molar-refractivity contribution < 1.29 is 0 Å². The molecule has 0 aromatic carbocycles. The summed E-state index contributed by atoms with van der Waals surface area (Å²) in [7, 11) is 0. The lowest BCUT2D eigenvalue weighted by molar-refractivity contribution is 0.258. The van der Waals surface area contributed by atoms with Crippen LogP contribution in [0.5, 0.6) is 0 Å². The van der Waals surface area contributed by atoms with Crippen molar-refractivity contribution in [2.24, 2.45) is 0 Å². The molecule has 0 spiro atoms. The third-order valence-corrected chi connectivity index (χ3v) is 2.58. The lowest BCUT2D eigenvalue weighted by atomic mass is 10.1. The summed E-state index contributed by atoms with van der Waals surface area (Å²) in [6, 6.07) is 0. The predicted molar refractivity (Wildman–Crippen MR) is 58.0 cm³/mol. The Labute approximate surface area is 82.0 Å². The first kappa shape index (κ1) is 10.7. The summed E-state index contributed by atoms with van der Waals surface area (Å²) in [5.41, 5.74) is 1.60. The summed E-state index contributed by atoms with van der Waals surface area (Å²) in [6.07, 6.45) is 4.76. The smallest absolute Gasteiger partial charge is 0.0193 e. The van der Waals surface area contributed by atoms with Gasteiger partial charge in [-0.25, -0.2) is 0 Å². The van der Waals surface area contributed by atoms with E-state index < -0.39 is 0 Å². The summed E-state index contributed by atoms with van der Waals surface area (Å²) >= 11 is 0. The lowest BCUT2D eigenvalue weighted by Gasteiger charge is -2.27. The van der Waals surface area contributed by atoms with Gasteiger partial charge in [0.05, 0.1) is 0 Å². The highest BCUT2D eigenvalue weighted by atomic mass is 15.2. The molecule has 0 aliphatic carbocycles. The van der Waals surface area contributed by atoms with Crippen molar-refractivity contribution in [1.29, 1.82) is 0 Å². The van der Waals surface area contributed by atoms with Crippen LogP contribution in [-0.4, -0.2) is 37.6 Å². The van der Waals surface area contributed by atoms with Crippen LogP contribution in [0.25, 0.3) is 0 Å². The van der Waals surface area contributed by atoms with Crippen LogP contribution >= 0.6 is 0 Å². The van der Waals surface area contributed by atoms with Gasteiger partial charge in [-0.2, -0.15) is 0 Å². The maximum absolute atomic E-state index is 3.38. The molecule has 76 valence electrons. The molecule has 0 aromatic rings. The molecule has 13 heavy (non-hydrogen) atoms. The maximum Gasteiger partial charge on any atom is 0.0193 e. The Morgan fingerprint density at radius 2 is 2.00 bits per heavy atom. The summed E-state index contributed by atoms with van der Waals surface area (Å²) < 4.78 is 0. The minimum absolute atomic E-state index is 1.16. The van der Waals surface area contributed by atoms with Crippen LogP contribution in [0, 0.1) is 0 Å². The molecule has 1 fully saturated rings. The average Bonchev–Trinajstić information content (AvgIpc) is 2.19. The SMILES string of the molecule is CC/C=C(\CC)CN1CCNCC1. The van der Waals surface area contributed by atoms with E-state index >= 15 is 0 Å². The Bertz CT molecular complexity index is 157. The summed E-state index contributed by atoms with van der Waals surface area (Å²) in [5, 5.41) is 3.38. The van der Waals surface area contributed by atoms with Gasteiger partial charge >= 0.3 is 0 Å². The first-order chi connectivity index (χ1) is 6.36. The zero-order valence-corrected chi connectivity index (χ0v) is 8.97. The van der Waals surface area contributed by atoms with E-state index in [-0.39, 0.29) is 0 Å². The van der Waals surface area contributed by atoms with Crippen molar-refractivity contribution in [3.8, 4) is 0 Å². The topological polar surface area (TPSA) is 15.3 Å². The third-order valence-electron chi connectivity index (χ3n) is 2.58. The highest BCUT2D eigenvalue weighted by molar-refractivity contribution is 5.03. The van der Waals surface area contributed by atoms with E-state index in [2.05, 4.69) is 30.1 Å². The van der Waals surface area contributed by atoms with Crippen LogP contribution in [0.4, 0.5) is 0 Å². The highest BCUT2D eigenvalue weighted by Crippen LogP contribution is 2.06. The fraction of sp³-hybridized carbons (Fsp3) is 0.818. The molecule has 1 saturated heterocycles. The van der Waals surface area contributed by atoms with Crippen molar-refractivity contribution in [3.63, 3.8) is 0 Å². The molecule has 1 aliphatic heterocycles. The van der Waals surface area contributed by atoms with Gasteiger partial charge in [0.2, 0.25) is 0 Å². The molecule has 1 heterocycles. The number of nitrogens with zero attached hydrogens (tertiary/aromatic N) is 1. The van der Waals surface area contributed by atoms with Crippen LogP contribution < -0.4 is 5.32 Å². The van der Waals surface area contributed by atoms with Gasteiger partial charge in [0.25, 0.3) is 0 Å². The molecule has 1 aliphatic rings. The Morgan fingerprint density at radius 1 is 1.31 bits per heavy atom. The number of hydrogen-bond acceptors (Lipinski definition) is 2. The van der Waals surface area contributed by atoms with Crippen LogP contribution in [-0.2, 0) is 0 Å². The Balaban J connectivity index is 2.31. The minimum Gasteiger partial charge on any atom is -0.314 e. The van der Waals surface area contributed by atoms with Crippen LogP contribution in [0.1, 0.15) is 26.7 Å². The molecule has 0 saturated carbocycles. The van der Waals surface area contributed by atoms with Gasteiger partial charge in [-0.1, -0.05) is 25.5 Å². The maximum atomic E-state index is 3.38. The van der Waals surface area contributed by atoms with Gasteiger partial charge in [0.15, 0.2) is 0 Å². The van der Waals surface area contributed by atoms with E-state index in [0.29, 0.717) is 0 Å². The molecular weight excluding hydrogens is 160 g/mol. The van der Waals surface area contributed by atoms with Crippen LogP contribution in [0.2, 0.25) is 0 Å². The molecule has 0 radical (unpaired) electrons. The Morgan fingerprint density at radius 3 is 2.54 bits per heavy atom. The van der Waals surface area contributed by atoms with Crippen LogP contribution in [0.3, 0.4) is 0 Å². The standard InChI is InChI=1S/C11H22N2/c1-3-5-11(4-2)10-13-8-6-12-7-9-13/h5,12H,3-4,6-10H2,1-2H3/b11-5+. The zero-order chi connectivity index (χ0) is 9.52. The molecule has 2 heteroatoms. The third kappa shape index (κ3) is 3.92. The fourth-order valence-corrected chi connectivity index (χ4v) is 1.77.